The molecule has 2 atom stereocenters. The van der Waals surface area contributed by atoms with E-state index in [1.54, 1.807) is 0 Å². The summed E-state index contributed by atoms with van der Waals surface area (Å²) in [5.74, 6) is 0. The lowest BCUT2D eigenvalue weighted by Crippen LogP contribution is -2.36. The van der Waals surface area contributed by atoms with Crippen molar-refractivity contribution in [3.63, 3.8) is 0 Å². The number of hydrogen-bond donors (Lipinski definition) is 1. The lowest BCUT2D eigenvalue weighted by Gasteiger charge is -2.24. The Bertz CT molecular complexity index is 222. The lowest BCUT2D eigenvalue weighted by atomic mass is 10.1. The average Bonchev–Trinajstić information content (AvgIpc) is 2.77. The smallest absolute Gasteiger partial charge is 0.0965 e. The summed E-state index contributed by atoms with van der Waals surface area (Å²) in [5.41, 5.74) is 0. The van der Waals surface area contributed by atoms with E-state index in [1.165, 1.54) is 25.8 Å². The fraction of sp³-hybridized carbons (Fsp3) is 0.923. The molecular weight excluding hydrogens is 198 g/mol. The SMILES string of the molecule is CCCNC(C#N)CCN1CCCC1CC. The molecule has 1 saturated heterocycles. The summed E-state index contributed by atoms with van der Waals surface area (Å²) >= 11 is 0. The molecule has 0 radical (unpaired) electrons. The van der Waals surface area contributed by atoms with Gasteiger partial charge in [0.2, 0.25) is 0 Å². The molecule has 0 aromatic heterocycles. The van der Waals surface area contributed by atoms with Crippen LogP contribution in [0.1, 0.15) is 46.0 Å². The molecule has 1 rings (SSSR count). The van der Waals surface area contributed by atoms with E-state index < -0.39 is 0 Å². The molecule has 0 amide bonds. The third kappa shape index (κ3) is 4.11. The molecule has 1 heterocycles. The highest BCUT2D eigenvalue weighted by molar-refractivity contribution is 4.91. The van der Waals surface area contributed by atoms with Crippen molar-refractivity contribution >= 4 is 0 Å². The molecule has 1 aliphatic rings. The van der Waals surface area contributed by atoms with Crippen molar-refractivity contribution in [1.29, 1.82) is 5.26 Å². The van der Waals surface area contributed by atoms with E-state index in [1.807, 2.05) is 0 Å². The van der Waals surface area contributed by atoms with E-state index in [2.05, 4.69) is 30.1 Å². The summed E-state index contributed by atoms with van der Waals surface area (Å²) in [7, 11) is 0. The zero-order valence-corrected chi connectivity index (χ0v) is 10.7. The number of likely N-dealkylation sites (tertiary alicyclic amines) is 1. The maximum absolute atomic E-state index is 9.02. The van der Waals surface area contributed by atoms with Gasteiger partial charge >= 0.3 is 0 Å². The number of nitrogens with zero attached hydrogens (tertiary/aromatic N) is 2. The van der Waals surface area contributed by atoms with Gasteiger partial charge in [-0.3, -0.25) is 0 Å². The predicted octanol–water partition coefficient (Wildman–Crippen LogP) is 2.14. The largest absolute Gasteiger partial charge is 0.302 e. The number of nitriles is 1. The van der Waals surface area contributed by atoms with Crippen LogP contribution in [0.4, 0.5) is 0 Å². The van der Waals surface area contributed by atoms with Crippen molar-refractivity contribution in [1.82, 2.24) is 10.2 Å². The van der Waals surface area contributed by atoms with E-state index >= 15 is 0 Å². The van der Waals surface area contributed by atoms with Crippen LogP contribution in [0, 0.1) is 11.3 Å². The monoisotopic (exact) mass is 223 g/mol. The third-order valence-electron chi connectivity index (χ3n) is 3.47. The van der Waals surface area contributed by atoms with E-state index in [4.69, 9.17) is 5.26 Å². The van der Waals surface area contributed by atoms with Gasteiger partial charge in [-0.2, -0.15) is 5.26 Å². The molecule has 3 nitrogen and oxygen atoms in total. The molecule has 1 N–H and O–H groups in total. The fourth-order valence-corrected chi connectivity index (χ4v) is 2.48. The van der Waals surface area contributed by atoms with Gasteiger partial charge in [0, 0.05) is 12.6 Å². The molecule has 0 spiro atoms. The molecule has 16 heavy (non-hydrogen) atoms. The molecular formula is C13H25N3. The summed E-state index contributed by atoms with van der Waals surface area (Å²) in [4.78, 5) is 2.55. The lowest BCUT2D eigenvalue weighted by molar-refractivity contribution is 0.239. The average molecular weight is 223 g/mol. The zero-order valence-electron chi connectivity index (χ0n) is 10.7. The third-order valence-corrected chi connectivity index (χ3v) is 3.47. The Morgan fingerprint density at radius 1 is 1.50 bits per heavy atom. The second kappa shape index (κ2) is 7.65. The van der Waals surface area contributed by atoms with Gasteiger partial charge in [0.1, 0.15) is 0 Å². The van der Waals surface area contributed by atoms with Crippen LogP contribution in [0.25, 0.3) is 0 Å². The van der Waals surface area contributed by atoms with Gasteiger partial charge in [-0.25, -0.2) is 0 Å². The molecule has 0 aromatic carbocycles. The topological polar surface area (TPSA) is 39.1 Å². The maximum atomic E-state index is 9.02. The van der Waals surface area contributed by atoms with Gasteiger partial charge in [-0.15, -0.1) is 0 Å². The summed E-state index contributed by atoms with van der Waals surface area (Å²) < 4.78 is 0. The van der Waals surface area contributed by atoms with Crippen LogP contribution in [0.15, 0.2) is 0 Å². The minimum absolute atomic E-state index is 0.0399. The Labute approximate surface area is 99.8 Å². The van der Waals surface area contributed by atoms with Gasteiger partial charge in [-0.1, -0.05) is 13.8 Å². The molecule has 3 heteroatoms. The quantitative estimate of drug-likeness (QED) is 0.719. The number of rotatable bonds is 7. The van der Waals surface area contributed by atoms with Crippen LogP contribution in [0.2, 0.25) is 0 Å². The maximum Gasteiger partial charge on any atom is 0.0965 e. The Morgan fingerprint density at radius 3 is 2.94 bits per heavy atom. The van der Waals surface area contributed by atoms with Gasteiger partial charge in [-0.05, 0) is 45.2 Å². The van der Waals surface area contributed by atoms with Gasteiger partial charge in [0.15, 0.2) is 0 Å². The second-order valence-electron chi connectivity index (χ2n) is 4.66. The van der Waals surface area contributed by atoms with Crippen LogP contribution in [-0.2, 0) is 0 Å². The standard InChI is InChI=1S/C13H25N3/c1-3-8-15-12(11-14)7-10-16-9-5-6-13(16)4-2/h12-13,15H,3-10H2,1-2H3. The Kier molecular flexibility index (Phi) is 6.44. The van der Waals surface area contributed by atoms with Gasteiger partial charge < -0.3 is 10.2 Å². The Balaban J connectivity index is 2.24. The van der Waals surface area contributed by atoms with Crippen molar-refractivity contribution in [3.05, 3.63) is 0 Å². The highest BCUT2D eigenvalue weighted by Crippen LogP contribution is 2.19. The van der Waals surface area contributed by atoms with Crippen molar-refractivity contribution in [2.75, 3.05) is 19.6 Å². The Hall–Kier alpha value is -0.590. The first-order chi connectivity index (χ1) is 7.81. The first kappa shape index (κ1) is 13.5. The molecule has 0 aliphatic carbocycles. The highest BCUT2D eigenvalue weighted by atomic mass is 15.2. The summed E-state index contributed by atoms with van der Waals surface area (Å²) in [6.07, 6.45) is 5.99. The summed E-state index contributed by atoms with van der Waals surface area (Å²) in [6.45, 7) is 7.66. The van der Waals surface area contributed by atoms with E-state index in [9.17, 15) is 0 Å². The van der Waals surface area contributed by atoms with Gasteiger partial charge in [0.25, 0.3) is 0 Å². The minimum atomic E-state index is 0.0399. The first-order valence-electron chi connectivity index (χ1n) is 6.68. The zero-order chi connectivity index (χ0) is 11.8. The molecule has 1 fully saturated rings. The van der Waals surface area contributed by atoms with Crippen molar-refractivity contribution < 1.29 is 0 Å². The molecule has 0 saturated carbocycles. The molecule has 92 valence electrons. The highest BCUT2D eigenvalue weighted by Gasteiger charge is 2.22. The fourth-order valence-electron chi connectivity index (χ4n) is 2.48. The predicted molar refractivity (Wildman–Crippen MR) is 67.2 cm³/mol. The minimum Gasteiger partial charge on any atom is -0.302 e. The van der Waals surface area contributed by atoms with Crippen molar-refractivity contribution in [3.8, 4) is 6.07 Å². The second-order valence-corrected chi connectivity index (χ2v) is 4.66. The van der Waals surface area contributed by atoms with Crippen LogP contribution in [0.5, 0.6) is 0 Å². The normalized spacial score (nSPS) is 23.2. The molecule has 1 aliphatic heterocycles. The van der Waals surface area contributed by atoms with Crippen LogP contribution < -0.4 is 5.32 Å². The van der Waals surface area contributed by atoms with E-state index in [0.29, 0.717) is 0 Å². The van der Waals surface area contributed by atoms with Gasteiger partial charge in [0.05, 0.1) is 12.1 Å². The summed E-state index contributed by atoms with van der Waals surface area (Å²) in [5, 5.41) is 12.3. The van der Waals surface area contributed by atoms with Crippen LogP contribution in [0.3, 0.4) is 0 Å². The van der Waals surface area contributed by atoms with Crippen molar-refractivity contribution in [2.45, 2.75) is 58.0 Å². The van der Waals surface area contributed by atoms with E-state index in [-0.39, 0.29) is 6.04 Å². The van der Waals surface area contributed by atoms with Crippen LogP contribution in [-0.4, -0.2) is 36.6 Å². The molecule has 0 bridgehead atoms. The Morgan fingerprint density at radius 2 is 2.31 bits per heavy atom. The van der Waals surface area contributed by atoms with E-state index in [0.717, 1.165) is 32.0 Å². The molecule has 0 aromatic rings. The number of hydrogen-bond acceptors (Lipinski definition) is 3. The first-order valence-corrected chi connectivity index (χ1v) is 6.68. The summed E-state index contributed by atoms with van der Waals surface area (Å²) in [6, 6.07) is 3.16. The van der Waals surface area contributed by atoms with Crippen molar-refractivity contribution in [2.24, 2.45) is 0 Å². The number of nitrogens with one attached hydrogen (secondary N) is 1. The molecule has 2 unspecified atom stereocenters. The van der Waals surface area contributed by atoms with Crippen LogP contribution >= 0.6 is 0 Å².